The van der Waals surface area contributed by atoms with Crippen molar-refractivity contribution in [2.45, 2.75) is 58.7 Å². The van der Waals surface area contributed by atoms with Crippen LogP contribution in [0.1, 0.15) is 57.6 Å². The topological polar surface area (TPSA) is 74.0 Å². The fourth-order valence-electron chi connectivity index (χ4n) is 3.24. The predicted molar refractivity (Wildman–Crippen MR) is 123 cm³/mol. The Hall–Kier alpha value is -2.44. The molecular weight excluding hydrogens is 478 g/mol. The van der Waals surface area contributed by atoms with Crippen molar-refractivity contribution >= 4 is 34.9 Å². The fraction of sp³-hybridized carbons (Fsp3) is 0.500. The Labute approximate surface area is 201 Å². The first-order chi connectivity index (χ1) is 15.5. The molecule has 0 bridgehead atoms. The molecule has 0 aliphatic heterocycles. The summed E-state index contributed by atoms with van der Waals surface area (Å²) in [5.41, 5.74) is -0.936. The van der Waals surface area contributed by atoms with Gasteiger partial charge < -0.3 is 10.2 Å². The van der Waals surface area contributed by atoms with Gasteiger partial charge in [0, 0.05) is 13.1 Å². The van der Waals surface area contributed by atoms with E-state index in [1.165, 1.54) is 6.20 Å². The van der Waals surface area contributed by atoms with Gasteiger partial charge in [-0.05, 0) is 31.9 Å². The van der Waals surface area contributed by atoms with Crippen LogP contribution in [0, 0.1) is 11.3 Å². The number of carbonyl (C=O) groups is 1. The summed E-state index contributed by atoms with van der Waals surface area (Å²) in [4.78, 5) is 14.9. The number of hydrogen-bond acceptors (Lipinski definition) is 4. The van der Waals surface area contributed by atoms with E-state index in [4.69, 9.17) is 23.2 Å². The highest BCUT2D eigenvalue weighted by Gasteiger charge is 2.33. The lowest BCUT2D eigenvalue weighted by Gasteiger charge is -2.27. The quantitative estimate of drug-likeness (QED) is 0.412. The molecule has 180 valence electrons. The largest absolute Gasteiger partial charge is 0.416 e. The molecule has 6 nitrogen and oxygen atoms in total. The van der Waals surface area contributed by atoms with E-state index >= 15 is 0 Å². The summed E-state index contributed by atoms with van der Waals surface area (Å²) in [5, 5.41) is 16.0. The van der Waals surface area contributed by atoms with Gasteiger partial charge in [0.1, 0.15) is 29.2 Å². The third-order valence-corrected chi connectivity index (χ3v) is 5.62. The second-order valence-corrected chi connectivity index (χ2v) is 8.43. The van der Waals surface area contributed by atoms with E-state index < -0.39 is 17.8 Å². The van der Waals surface area contributed by atoms with Gasteiger partial charge in [0.2, 0.25) is 5.91 Å². The van der Waals surface area contributed by atoms with Crippen molar-refractivity contribution in [1.29, 1.82) is 5.26 Å². The number of rotatable bonds is 10. The van der Waals surface area contributed by atoms with Crippen molar-refractivity contribution in [3.63, 3.8) is 0 Å². The van der Waals surface area contributed by atoms with Crippen LogP contribution in [0.3, 0.4) is 0 Å². The molecule has 0 aliphatic rings. The molecule has 1 aromatic carbocycles. The molecule has 0 saturated heterocycles. The van der Waals surface area contributed by atoms with E-state index in [9.17, 15) is 23.2 Å². The molecule has 1 amide bonds. The molecule has 2 rings (SSSR count). The molecule has 1 N–H and O–H groups in total. The number of hydrogen-bond donors (Lipinski definition) is 1. The minimum Gasteiger partial charge on any atom is -0.357 e. The number of unbranched alkanes of at least 4 members (excludes halogenated alkanes) is 2. The molecule has 1 unspecified atom stereocenters. The molecule has 2 aromatic rings. The second kappa shape index (κ2) is 11.6. The zero-order valence-electron chi connectivity index (χ0n) is 18.6. The maximum absolute atomic E-state index is 13.1. The highest BCUT2D eigenvalue weighted by molar-refractivity contribution is 6.38. The first-order valence-corrected chi connectivity index (χ1v) is 11.4. The Balaban J connectivity index is 2.41. The average molecular weight is 504 g/mol. The Morgan fingerprint density at radius 3 is 2.21 bits per heavy atom. The first kappa shape index (κ1) is 26.8. The summed E-state index contributed by atoms with van der Waals surface area (Å²) in [5.74, 6) is -0.0361. The van der Waals surface area contributed by atoms with Gasteiger partial charge in [0.05, 0.1) is 21.8 Å². The third-order valence-electron chi connectivity index (χ3n) is 5.04. The number of aromatic nitrogens is 2. The number of alkyl halides is 3. The third kappa shape index (κ3) is 6.55. The lowest BCUT2D eigenvalue weighted by Crippen LogP contribution is -2.42. The van der Waals surface area contributed by atoms with Crippen LogP contribution >= 0.6 is 23.2 Å². The maximum Gasteiger partial charge on any atom is 0.416 e. The summed E-state index contributed by atoms with van der Waals surface area (Å²) in [7, 11) is 0. The minimum absolute atomic E-state index is 0.0243. The van der Waals surface area contributed by atoms with Crippen LogP contribution in [0.15, 0.2) is 18.3 Å². The summed E-state index contributed by atoms with van der Waals surface area (Å²) in [6.45, 7) is 6.96. The summed E-state index contributed by atoms with van der Waals surface area (Å²) >= 11 is 12.3. The van der Waals surface area contributed by atoms with Crippen molar-refractivity contribution in [2.24, 2.45) is 0 Å². The fourth-order valence-corrected chi connectivity index (χ4v) is 3.89. The molecule has 1 aromatic heterocycles. The van der Waals surface area contributed by atoms with Crippen LogP contribution in [0.2, 0.25) is 10.0 Å². The van der Waals surface area contributed by atoms with E-state index in [2.05, 4.69) is 10.4 Å². The van der Waals surface area contributed by atoms with Gasteiger partial charge in [0.15, 0.2) is 0 Å². The number of benzene rings is 1. The molecule has 0 aliphatic carbocycles. The number of halogens is 5. The number of nitriles is 1. The Kier molecular flexibility index (Phi) is 9.44. The van der Waals surface area contributed by atoms with E-state index in [1.807, 2.05) is 19.9 Å². The van der Waals surface area contributed by atoms with Gasteiger partial charge in [-0.3, -0.25) is 4.79 Å². The lowest BCUT2D eigenvalue weighted by molar-refractivity contribution is -0.137. The molecule has 0 radical (unpaired) electrons. The zero-order chi connectivity index (χ0) is 24.8. The van der Waals surface area contributed by atoms with Gasteiger partial charge in [-0.15, -0.1) is 0 Å². The number of nitrogens with zero attached hydrogens (tertiary/aromatic N) is 4. The van der Waals surface area contributed by atoms with Crippen LogP contribution in [-0.2, 0) is 11.0 Å². The van der Waals surface area contributed by atoms with E-state index in [0.717, 1.165) is 42.5 Å². The molecule has 33 heavy (non-hydrogen) atoms. The van der Waals surface area contributed by atoms with Crippen molar-refractivity contribution in [3.8, 4) is 11.8 Å². The monoisotopic (exact) mass is 503 g/mol. The maximum atomic E-state index is 13.1. The first-order valence-electron chi connectivity index (χ1n) is 10.6. The number of anilines is 1. The standard InChI is InChI=1S/C22H26Cl2F3N5O/c1-4-6-8-31(9-7-5-2)21(33)14(3)30-20-15(12-28)13-29-32(20)19-17(23)10-16(11-18(19)24)22(25,26)27/h10-11,13-14,30H,4-9H2,1-3H3. The van der Waals surface area contributed by atoms with Gasteiger partial charge in [0.25, 0.3) is 0 Å². The van der Waals surface area contributed by atoms with E-state index in [1.54, 1.807) is 11.8 Å². The predicted octanol–water partition coefficient (Wildman–Crippen LogP) is 6.30. The summed E-state index contributed by atoms with van der Waals surface area (Å²) < 4.78 is 40.4. The van der Waals surface area contributed by atoms with Crippen LogP contribution in [0.25, 0.3) is 5.69 Å². The zero-order valence-corrected chi connectivity index (χ0v) is 20.2. The van der Waals surface area contributed by atoms with Gasteiger partial charge >= 0.3 is 6.18 Å². The van der Waals surface area contributed by atoms with Crippen molar-refractivity contribution in [3.05, 3.63) is 39.5 Å². The van der Waals surface area contributed by atoms with Gasteiger partial charge in [-0.25, -0.2) is 4.68 Å². The average Bonchev–Trinajstić information content (AvgIpc) is 3.14. The number of carbonyl (C=O) groups excluding carboxylic acids is 1. The minimum atomic E-state index is -4.63. The SMILES string of the molecule is CCCCN(CCCC)C(=O)C(C)Nc1c(C#N)cnn1-c1c(Cl)cc(C(F)(F)F)cc1Cl. The molecule has 11 heteroatoms. The highest BCUT2D eigenvalue weighted by Crippen LogP contribution is 2.38. The Bertz CT molecular complexity index is 985. The molecule has 1 heterocycles. The van der Waals surface area contributed by atoms with Crippen molar-refractivity contribution < 1.29 is 18.0 Å². The van der Waals surface area contributed by atoms with Crippen LogP contribution in [0.4, 0.5) is 19.0 Å². The van der Waals surface area contributed by atoms with Crippen LogP contribution in [0.5, 0.6) is 0 Å². The van der Waals surface area contributed by atoms with Crippen LogP contribution < -0.4 is 5.32 Å². The summed E-state index contributed by atoms with van der Waals surface area (Å²) in [6.07, 6.45) is 0.203. The molecular formula is C22H26Cl2F3N5O. The summed E-state index contributed by atoms with van der Waals surface area (Å²) in [6, 6.07) is 2.72. The smallest absolute Gasteiger partial charge is 0.357 e. The van der Waals surface area contributed by atoms with Gasteiger partial charge in [-0.1, -0.05) is 49.9 Å². The van der Waals surface area contributed by atoms with Crippen molar-refractivity contribution in [2.75, 3.05) is 18.4 Å². The van der Waals surface area contributed by atoms with Crippen molar-refractivity contribution in [1.82, 2.24) is 14.7 Å². The number of nitrogens with one attached hydrogen (secondary N) is 1. The molecule has 1 atom stereocenters. The lowest BCUT2D eigenvalue weighted by atomic mass is 10.2. The normalized spacial score (nSPS) is 12.3. The van der Waals surface area contributed by atoms with E-state index in [-0.39, 0.29) is 33.0 Å². The Morgan fingerprint density at radius 1 is 1.21 bits per heavy atom. The number of amides is 1. The highest BCUT2D eigenvalue weighted by atomic mass is 35.5. The molecule has 0 spiro atoms. The molecule has 0 saturated carbocycles. The van der Waals surface area contributed by atoms with E-state index in [0.29, 0.717) is 13.1 Å². The second-order valence-electron chi connectivity index (χ2n) is 7.62. The van der Waals surface area contributed by atoms with Crippen LogP contribution in [-0.4, -0.2) is 39.7 Å². The Morgan fingerprint density at radius 2 is 1.76 bits per heavy atom. The van der Waals surface area contributed by atoms with Gasteiger partial charge in [-0.2, -0.15) is 23.5 Å². The molecule has 0 fully saturated rings.